The van der Waals surface area contributed by atoms with Crippen LogP contribution in [0.3, 0.4) is 0 Å². The van der Waals surface area contributed by atoms with Gasteiger partial charge in [-0.2, -0.15) is 4.98 Å². The van der Waals surface area contributed by atoms with E-state index in [2.05, 4.69) is 25.3 Å². The zero-order chi connectivity index (χ0) is 19.0. The third-order valence-electron chi connectivity index (χ3n) is 4.90. The first-order valence-electron chi connectivity index (χ1n) is 8.92. The van der Waals surface area contributed by atoms with Crippen molar-refractivity contribution in [1.29, 1.82) is 0 Å². The molecule has 1 fully saturated rings. The van der Waals surface area contributed by atoms with E-state index < -0.39 is 0 Å². The van der Waals surface area contributed by atoms with E-state index in [0.29, 0.717) is 23.0 Å². The highest BCUT2D eigenvalue weighted by Crippen LogP contribution is 2.30. The standard InChI is InChI=1S/C19H20ClN5O2/c1-11-5-6-15(14(20)8-11)23-18(26)13-4-3-7-25(9-13)17-16-12(2)24-27-19(16)22-10-21-17/h5-6,8,10,13H,3-4,7,9H2,1-2H3,(H,23,26)/t13-/m1/s1. The molecule has 7 nitrogen and oxygen atoms in total. The van der Waals surface area contributed by atoms with Crippen molar-refractivity contribution in [2.24, 2.45) is 5.92 Å². The number of hydrogen-bond acceptors (Lipinski definition) is 6. The molecule has 3 aromatic rings. The number of aryl methyl sites for hydroxylation is 2. The van der Waals surface area contributed by atoms with Gasteiger partial charge in [0, 0.05) is 13.1 Å². The maximum atomic E-state index is 12.8. The highest BCUT2D eigenvalue weighted by atomic mass is 35.5. The van der Waals surface area contributed by atoms with Crippen LogP contribution in [0.1, 0.15) is 24.1 Å². The summed E-state index contributed by atoms with van der Waals surface area (Å²) in [6, 6.07) is 5.61. The fraction of sp³-hybridized carbons (Fsp3) is 0.368. The monoisotopic (exact) mass is 385 g/mol. The Morgan fingerprint density at radius 1 is 1.33 bits per heavy atom. The molecule has 0 aliphatic carbocycles. The molecular weight excluding hydrogens is 366 g/mol. The van der Waals surface area contributed by atoms with E-state index in [9.17, 15) is 4.79 Å². The fourth-order valence-corrected chi connectivity index (χ4v) is 3.77. The summed E-state index contributed by atoms with van der Waals surface area (Å²) < 4.78 is 5.23. The summed E-state index contributed by atoms with van der Waals surface area (Å²) in [7, 11) is 0. The molecule has 0 unspecified atom stereocenters. The average molecular weight is 386 g/mol. The van der Waals surface area contributed by atoms with Crippen LogP contribution in [0.15, 0.2) is 29.0 Å². The highest BCUT2D eigenvalue weighted by molar-refractivity contribution is 6.33. The van der Waals surface area contributed by atoms with Crippen LogP contribution < -0.4 is 10.2 Å². The van der Waals surface area contributed by atoms with Gasteiger partial charge in [0.1, 0.15) is 17.5 Å². The summed E-state index contributed by atoms with van der Waals surface area (Å²) in [6.45, 7) is 5.23. The molecule has 1 atom stereocenters. The minimum absolute atomic E-state index is 0.0298. The van der Waals surface area contributed by atoms with E-state index in [1.54, 1.807) is 0 Å². The van der Waals surface area contributed by atoms with E-state index in [1.807, 2.05) is 32.0 Å². The number of aromatic nitrogens is 3. The van der Waals surface area contributed by atoms with Crippen LogP contribution in [0, 0.1) is 19.8 Å². The number of nitrogens with zero attached hydrogens (tertiary/aromatic N) is 4. The van der Waals surface area contributed by atoms with Crippen LogP contribution in [0.4, 0.5) is 11.5 Å². The summed E-state index contributed by atoms with van der Waals surface area (Å²) in [5, 5.41) is 8.30. The maximum absolute atomic E-state index is 12.8. The van der Waals surface area contributed by atoms with Gasteiger partial charge < -0.3 is 14.7 Å². The number of halogens is 1. The summed E-state index contributed by atoms with van der Waals surface area (Å²) in [5.74, 6) is 0.587. The molecule has 3 heterocycles. The van der Waals surface area contributed by atoms with Gasteiger partial charge in [0.25, 0.3) is 5.71 Å². The lowest BCUT2D eigenvalue weighted by Gasteiger charge is -2.33. The molecule has 0 saturated carbocycles. The zero-order valence-corrected chi connectivity index (χ0v) is 16.0. The second kappa shape index (κ2) is 7.15. The first-order valence-corrected chi connectivity index (χ1v) is 9.29. The molecule has 1 amide bonds. The van der Waals surface area contributed by atoms with Crippen molar-refractivity contribution in [3.63, 3.8) is 0 Å². The smallest absolute Gasteiger partial charge is 0.263 e. The van der Waals surface area contributed by atoms with E-state index in [0.717, 1.165) is 41.8 Å². The highest BCUT2D eigenvalue weighted by Gasteiger charge is 2.29. The number of nitrogens with one attached hydrogen (secondary N) is 1. The predicted molar refractivity (Wildman–Crippen MR) is 104 cm³/mol. The van der Waals surface area contributed by atoms with Gasteiger partial charge >= 0.3 is 0 Å². The molecular formula is C19H20ClN5O2. The Balaban J connectivity index is 1.54. The molecule has 0 bridgehead atoms. The van der Waals surface area contributed by atoms with Gasteiger partial charge in [0.2, 0.25) is 5.91 Å². The maximum Gasteiger partial charge on any atom is 0.263 e. The summed E-state index contributed by atoms with van der Waals surface area (Å²) in [5.41, 5.74) is 2.91. The topological polar surface area (TPSA) is 84.2 Å². The van der Waals surface area contributed by atoms with Crippen molar-refractivity contribution in [2.75, 3.05) is 23.3 Å². The molecule has 4 rings (SSSR count). The molecule has 1 aromatic carbocycles. The third kappa shape index (κ3) is 3.47. The molecule has 1 saturated heterocycles. The minimum Gasteiger partial charge on any atom is -0.355 e. The molecule has 1 N–H and O–H groups in total. The van der Waals surface area contributed by atoms with Crippen molar-refractivity contribution >= 4 is 40.1 Å². The van der Waals surface area contributed by atoms with Gasteiger partial charge in [-0.3, -0.25) is 4.79 Å². The van der Waals surface area contributed by atoms with Crippen molar-refractivity contribution < 1.29 is 9.32 Å². The number of hydrogen-bond donors (Lipinski definition) is 1. The van der Waals surface area contributed by atoms with Crippen molar-refractivity contribution in [3.8, 4) is 0 Å². The molecule has 0 radical (unpaired) electrons. The van der Waals surface area contributed by atoms with Crippen LogP contribution in [0.2, 0.25) is 5.02 Å². The Kier molecular flexibility index (Phi) is 4.70. The minimum atomic E-state index is -0.152. The van der Waals surface area contributed by atoms with Gasteiger partial charge in [-0.1, -0.05) is 22.8 Å². The first-order chi connectivity index (χ1) is 13.0. The Hall–Kier alpha value is -2.67. The average Bonchev–Trinajstić information content (AvgIpc) is 3.05. The second-order valence-electron chi connectivity index (χ2n) is 6.90. The third-order valence-corrected chi connectivity index (χ3v) is 5.21. The first kappa shape index (κ1) is 17.7. The lowest BCUT2D eigenvalue weighted by atomic mass is 9.96. The Morgan fingerprint density at radius 2 is 2.19 bits per heavy atom. The van der Waals surface area contributed by atoms with Crippen molar-refractivity contribution in [1.82, 2.24) is 15.1 Å². The zero-order valence-electron chi connectivity index (χ0n) is 15.2. The summed E-state index contributed by atoms with van der Waals surface area (Å²) in [6.07, 6.45) is 3.19. The number of piperidine rings is 1. The number of anilines is 2. The normalized spacial score (nSPS) is 17.3. The van der Waals surface area contributed by atoms with Gasteiger partial charge in [-0.05, 0) is 44.4 Å². The van der Waals surface area contributed by atoms with E-state index in [4.69, 9.17) is 16.1 Å². The van der Waals surface area contributed by atoms with Crippen LogP contribution >= 0.6 is 11.6 Å². The quantitative estimate of drug-likeness (QED) is 0.739. The van der Waals surface area contributed by atoms with Crippen molar-refractivity contribution in [3.05, 3.63) is 40.8 Å². The number of carbonyl (C=O) groups excluding carboxylic acids is 1. The Morgan fingerprint density at radius 3 is 3.00 bits per heavy atom. The SMILES string of the molecule is Cc1ccc(NC(=O)[C@@H]2CCCN(c3ncnc4onc(C)c34)C2)c(Cl)c1. The second-order valence-corrected chi connectivity index (χ2v) is 7.31. The lowest BCUT2D eigenvalue weighted by Crippen LogP contribution is -2.41. The molecule has 27 heavy (non-hydrogen) atoms. The number of carbonyl (C=O) groups is 1. The Bertz CT molecular complexity index is 1000. The predicted octanol–water partition coefficient (Wildman–Crippen LogP) is 3.74. The molecule has 8 heteroatoms. The summed E-state index contributed by atoms with van der Waals surface area (Å²) in [4.78, 5) is 23.5. The lowest BCUT2D eigenvalue weighted by molar-refractivity contribution is -0.120. The van der Waals surface area contributed by atoms with E-state index >= 15 is 0 Å². The molecule has 2 aromatic heterocycles. The molecule has 140 valence electrons. The van der Waals surface area contributed by atoms with Gasteiger partial charge in [0.15, 0.2) is 0 Å². The number of benzene rings is 1. The fourth-order valence-electron chi connectivity index (χ4n) is 3.48. The molecule has 1 aliphatic heterocycles. The van der Waals surface area contributed by atoms with E-state index in [-0.39, 0.29) is 11.8 Å². The van der Waals surface area contributed by atoms with Crippen molar-refractivity contribution in [2.45, 2.75) is 26.7 Å². The van der Waals surface area contributed by atoms with Gasteiger partial charge in [-0.15, -0.1) is 0 Å². The molecule has 1 aliphatic rings. The van der Waals surface area contributed by atoms with Crippen LogP contribution in [0.5, 0.6) is 0 Å². The van der Waals surface area contributed by atoms with Gasteiger partial charge in [-0.25, -0.2) is 4.98 Å². The molecule has 0 spiro atoms. The number of fused-ring (bicyclic) bond motifs is 1. The van der Waals surface area contributed by atoms with E-state index in [1.165, 1.54) is 6.33 Å². The van der Waals surface area contributed by atoms with Crippen LogP contribution in [0.25, 0.3) is 11.1 Å². The van der Waals surface area contributed by atoms with Crippen LogP contribution in [-0.4, -0.2) is 34.1 Å². The Labute approximate surface area is 161 Å². The van der Waals surface area contributed by atoms with Gasteiger partial charge in [0.05, 0.1) is 22.3 Å². The largest absolute Gasteiger partial charge is 0.355 e. The number of rotatable bonds is 3. The van der Waals surface area contributed by atoms with Crippen LogP contribution in [-0.2, 0) is 4.79 Å². The number of amides is 1. The summed E-state index contributed by atoms with van der Waals surface area (Å²) >= 11 is 6.25.